The van der Waals surface area contributed by atoms with Crippen molar-refractivity contribution in [1.29, 1.82) is 0 Å². The fraction of sp³-hybridized carbons (Fsp3) is 0.143. The highest BCUT2D eigenvalue weighted by atomic mass is 15.1. The van der Waals surface area contributed by atoms with Gasteiger partial charge in [0.1, 0.15) is 0 Å². The first-order valence-corrected chi connectivity index (χ1v) is 10.1. The minimum Gasteiger partial charge on any atom is -0.309 e. The first-order chi connectivity index (χ1) is 14.0. The molecule has 0 aliphatic carbocycles. The lowest BCUT2D eigenvalue weighted by Gasteiger charge is -2.30. The van der Waals surface area contributed by atoms with Gasteiger partial charge in [0, 0.05) is 16.9 Å². The lowest BCUT2D eigenvalue weighted by atomic mass is 9.99. The molecule has 0 aliphatic heterocycles. The van der Waals surface area contributed by atoms with Crippen LogP contribution in [0.15, 0.2) is 91.0 Å². The molecule has 0 bridgehead atoms. The summed E-state index contributed by atoms with van der Waals surface area (Å²) >= 11 is 0. The first-order valence-electron chi connectivity index (χ1n) is 10.1. The summed E-state index contributed by atoms with van der Waals surface area (Å²) < 4.78 is 0. The van der Waals surface area contributed by atoms with E-state index in [-0.39, 0.29) is 0 Å². The van der Waals surface area contributed by atoms with Gasteiger partial charge < -0.3 is 4.90 Å². The third-order valence-electron chi connectivity index (χ3n) is 5.42. The predicted octanol–water partition coefficient (Wildman–Crippen LogP) is 8.06. The zero-order valence-electron chi connectivity index (χ0n) is 17.6. The van der Waals surface area contributed by atoms with Crippen LogP contribution in [0.2, 0.25) is 0 Å². The van der Waals surface area contributed by atoms with Gasteiger partial charge in [-0.15, -0.1) is 0 Å². The molecule has 0 N–H and O–H groups in total. The Balaban J connectivity index is 2.00. The van der Waals surface area contributed by atoms with E-state index in [4.69, 9.17) is 0 Å². The second kappa shape index (κ2) is 7.97. The molecule has 0 fully saturated rings. The van der Waals surface area contributed by atoms with Crippen LogP contribution in [0.5, 0.6) is 0 Å². The van der Waals surface area contributed by atoms with Crippen LogP contribution >= 0.6 is 0 Å². The van der Waals surface area contributed by atoms with Crippen LogP contribution in [0, 0.1) is 27.7 Å². The fourth-order valence-corrected chi connectivity index (χ4v) is 4.03. The van der Waals surface area contributed by atoms with Gasteiger partial charge in [-0.1, -0.05) is 83.9 Å². The van der Waals surface area contributed by atoms with Crippen molar-refractivity contribution in [3.8, 4) is 11.1 Å². The second-order valence-corrected chi connectivity index (χ2v) is 7.80. The molecule has 4 rings (SSSR count). The van der Waals surface area contributed by atoms with E-state index in [1.54, 1.807) is 0 Å². The van der Waals surface area contributed by atoms with E-state index in [9.17, 15) is 0 Å². The zero-order valence-corrected chi connectivity index (χ0v) is 17.6. The van der Waals surface area contributed by atoms with Crippen molar-refractivity contribution in [2.24, 2.45) is 0 Å². The van der Waals surface area contributed by atoms with Crippen molar-refractivity contribution < 1.29 is 0 Å². The predicted molar refractivity (Wildman–Crippen MR) is 126 cm³/mol. The Bertz CT molecular complexity index is 1090. The average molecular weight is 378 g/mol. The number of hydrogen-bond acceptors (Lipinski definition) is 1. The van der Waals surface area contributed by atoms with Crippen LogP contribution in [-0.2, 0) is 0 Å². The fourth-order valence-electron chi connectivity index (χ4n) is 4.03. The molecule has 4 aromatic rings. The van der Waals surface area contributed by atoms with E-state index in [2.05, 4.69) is 124 Å². The van der Waals surface area contributed by atoms with Gasteiger partial charge in [0.15, 0.2) is 0 Å². The molecule has 144 valence electrons. The van der Waals surface area contributed by atoms with Gasteiger partial charge in [0.25, 0.3) is 0 Å². The Morgan fingerprint density at radius 2 is 1.00 bits per heavy atom. The number of para-hydroxylation sites is 1. The Morgan fingerprint density at radius 1 is 0.483 bits per heavy atom. The van der Waals surface area contributed by atoms with Gasteiger partial charge in [-0.25, -0.2) is 0 Å². The maximum absolute atomic E-state index is 2.41. The molecular formula is C28H27N. The van der Waals surface area contributed by atoms with Crippen molar-refractivity contribution in [3.05, 3.63) is 113 Å². The normalized spacial score (nSPS) is 10.8. The van der Waals surface area contributed by atoms with Crippen molar-refractivity contribution in [3.63, 3.8) is 0 Å². The number of nitrogens with zero attached hydrogens (tertiary/aromatic N) is 1. The van der Waals surface area contributed by atoms with Gasteiger partial charge in [-0.2, -0.15) is 0 Å². The summed E-state index contributed by atoms with van der Waals surface area (Å²) in [6.07, 6.45) is 0. The highest BCUT2D eigenvalue weighted by Crippen LogP contribution is 2.43. The molecule has 0 radical (unpaired) electrons. The van der Waals surface area contributed by atoms with Crippen molar-refractivity contribution in [1.82, 2.24) is 0 Å². The lowest BCUT2D eigenvalue weighted by Crippen LogP contribution is -2.14. The minimum absolute atomic E-state index is 1.19. The van der Waals surface area contributed by atoms with Crippen LogP contribution in [0.4, 0.5) is 17.1 Å². The maximum atomic E-state index is 2.41. The van der Waals surface area contributed by atoms with Gasteiger partial charge in [0.2, 0.25) is 0 Å². The summed E-state index contributed by atoms with van der Waals surface area (Å²) in [6, 6.07) is 32.7. The molecule has 0 heterocycles. The topological polar surface area (TPSA) is 3.24 Å². The highest BCUT2D eigenvalue weighted by Gasteiger charge is 2.19. The molecule has 0 aliphatic rings. The van der Waals surface area contributed by atoms with Gasteiger partial charge in [-0.3, -0.25) is 0 Å². The molecule has 1 nitrogen and oxygen atoms in total. The number of anilines is 3. The van der Waals surface area contributed by atoms with Crippen LogP contribution in [0.1, 0.15) is 22.3 Å². The Hall–Kier alpha value is -3.32. The van der Waals surface area contributed by atoms with Crippen molar-refractivity contribution >= 4 is 17.1 Å². The zero-order chi connectivity index (χ0) is 20.4. The minimum atomic E-state index is 1.19. The van der Waals surface area contributed by atoms with E-state index in [0.717, 1.165) is 0 Å². The molecular weight excluding hydrogens is 350 g/mol. The highest BCUT2D eigenvalue weighted by molar-refractivity contribution is 5.89. The average Bonchev–Trinajstić information content (AvgIpc) is 2.72. The summed E-state index contributed by atoms with van der Waals surface area (Å²) in [4.78, 5) is 2.41. The summed E-state index contributed by atoms with van der Waals surface area (Å²) in [7, 11) is 0. The standard InChI is InChI=1S/C28H27N/c1-20-14-16-26(22(3)18-20)29(27-17-15-21(2)19-23(27)4)28-13-9-8-12-25(28)24-10-6-5-7-11-24/h5-19H,1-4H3. The summed E-state index contributed by atoms with van der Waals surface area (Å²) in [6.45, 7) is 8.69. The monoisotopic (exact) mass is 377 g/mol. The smallest absolute Gasteiger partial charge is 0.0540 e. The molecule has 0 atom stereocenters. The summed E-state index contributed by atoms with van der Waals surface area (Å²) in [5.41, 5.74) is 11.2. The molecule has 4 aromatic carbocycles. The van der Waals surface area contributed by atoms with Crippen molar-refractivity contribution in [2.75, 3.05) is 4.90 Å². The van der Waals surface area contributed by atoms with Gasteiger partial charge >= 0.3 is 0 Å². The van der Waals surface area contributed by atoms with E-state index >= 15 is 0 Å². The number of benzene rings is 4. The number of hydrogen-bond donors (Lipinski definition) is 0. The largest absolute Gasteiger partial charge is 0.309 e. The molecule has 1 heteroatoms. The molecule has 29 heavy (non-hydrogen) atoms. The molecule has 0 aromatic heterocycles. The number of rotatable bonds is 4. The lowest BCUT2D eigenvalue weighted by molar-refractivity contribution is 1.21. The summed E-state index contributed by atoms with van der Waals surface area (Å²) in [5.74, 6) is 0. The number of aryl methyl sites for hydroxylation is 4. The van der Waals surface area contributed by atoms with Crippen LogP contribution < -0.4 is 4.90 Å². The molecule has 0 unspecified atom stereocenters. The summed E-state index contributed by atoms with van der Waals surface area (Å²) in [5, 5.41) is 0. The maximum Gasteiger partial charge on any atom is 0.0540 e. The first kappa shape index (κ1) is 19.0. The van der Waals surface area contributed by atoms with Gasteiger partial charge in [-0.05, 0) is 62.6 Å². The molecule has 0 saturated heterocycles. The Morgan fingerprint density at radius 3 is 1.55 bits per heavy atom. The van der Waals surface area contributed by atoms with Crippen LogP contribution in [-0.4, -0.2) is 0 Å². The molecule has 0 amide bonds. The third-order valence-corrected chi connectivity index (χ3v) is 5.42. The van der Waals surface area contributed by atoms with Crippen LogP contribution in [0.3, 0.4) is 0 Å². The third kappa shape index (κ3) is 3.82. The Kier molecular flexibility index (Phi) is 5.22. The van der Waals surface area contributed by atoms with Crippen molar-refractivity contribution in [2.45, 2.75) is 27.7 Å². The van der Waals surface area contributed by atoms with E-state index in [1.807, 2.05) is 0 Å². The Labute approximate surface area is 174 Å². The van der Waals surface area contributed by atoms with E-state index in [0.29, 0.717) is 0 Å². The quantitative estimate of drug-likeness (QED) is 0.347. The SMILES string of the molecule is Cc1ccc(N(c2ccc(C)cc2C)c2ccccc2-c2ccccc2)c(C)c1. The molecule has 0 spiro atoms. The second-order valence-electron chi connectivity index (χ2n) is 7.80. The van der Waals surface area contributed by atoms with Gasteiger partial charge in [0.05, 0.1) is 5.69 Å². The molecule has 0 saturated carbocycles. The van der Waals surface area contributed by atoms with Crippen LogP contribution in [0.25, 0.3) is 11.1 Å². The van der Waals surface area contributed by atoms with E-state index < -0.39 is 0 Å². The van der Waals surface area contributed by atoms with E-state index in [1.165, 1.54) is 50.4 Å².